The predicted octanol–water partition coefficient (Wildman–Crippen LogP) is 4.07. The highest BCUT2D eigenvalue weighted by Crippen LogP contribution is 2.41. The number of nitrogens with zero attached hydrogens (tertiary/aromatic N) is 5. The first-order valence-electron chi connectivity index (χ1n) is 15.3. The Morgan fingerprint density at radius 1 is 1.18 bits per heavy atom. The molecule has 2 N–H and O–H groups in total. The summed E-state index contributed by atoms with van der Waals surface area (Å²) in [6, 6.07) is 6.20. The zero-order valence-electron chi connectivity index (χ0n) is 26.2. The van der Waals surface area contributed by atoms with Gasteiger partial charge in [0.2, 0.25) is 5.91 Å². The Labute approximate surface area is 262 Å². The Balaban J connectivity index is 1.45. The van der Waals surface area contributed by atoms with Crippen molar-refractivity contribution in [3.05, 3.63) is 83.1 Å². The van der Waals surface area contributed by atoms with Gasteiger partial charge in [0, 0.05) is 75.4 Å². The number of piperazine rings is 1. The van der Waals surface area contributed by atoms with Crippen LogP contribution in [0.2, 0.25) is 0 Å². The van der Waals surface area contributed by atoms with Crippen molar-refractivity contribution in [3.8, 4) is 5.75 Å². The number of carbonyl (C=O) groups excluding carboxylic acids is 3. The number of anilines is 1. The number of amides is 3. The number of rotatable bonds is 11. The molecule has 1 saturated carbocycles. The smallest absolute Gasteiger partial charge is 0.257 e. The molecule has 45 heavy (non-hydrogen) atoms. The zero-order chi connectivity index (χ0) is 32.2. The number of halogens is 1. The number of carbonyl (C=O) groups is 3. The number of ether oxygens (including phenoxy) is 1. The summed E-state index contributed by atoms with van der Waals surface area (Å²) in [6.45, 7) is 11.9. The van der Waals surface area contributed by atoms with Gasteiger partial charge in [-0.1, -0.05) is 6.58 Å². The third kappa shape index (κ3) is 7.22. The van der Waals surface area contributed by atoms with Crippen molar-refractivity contribution in [1.82, 2.24) is 29.9 Å². The Morgan fingerprint density at radius 3 is 2.58 bits per heavy atom. The summed E-state index contributed by atoms with van der Waals surface area (Å²) < 4.78 is 23.5. The molecule has 0 bridgehead atoms. The highest BCUT2D eigenvalue weighted by atomic mass is 19.1. The highest BCUT2D eigenvalue weighted by molar-refractivity contribution is 6.07. The van der Waals surface area contributed by atoms with E-state index in [1.54, 1.807) is 41.0 Å². The molecule has 11 nitrogen and oxygen atoms in total. The molecule has 1 saturated heterocycles. The third-order valence-corrected chi connectivity index (χ3v) is 8.36. The molecular weight excluding hydrogens is 577 g/mol. The van der Waals surface area contributed by atoms with E-state index in [2.05, 4.69) is 32.2 Å². The van der Waals surface area contributed by atoms with Crippen LogP contribution in [0.3, 0.4) is 0 Å². The van der Waals surface area contributed by atoms with Gasteiger partial charge in [-0.3, -0.25) is 28.9 Å². The van der Waals surface area contributed by atoms with Crippen LogP contribution in [0, 0.1) is 12.7 Å². The Morgan fingerprint density at radius 2 is 1.96 bits per heavy atom. The van der Waals surface area contributed by atoms with Gasteiger partial charge in [-0.25, -0.2) is 4.39 Å². The molecule has 2 fully saturated rings. The monoisotopic (exact) mass is 617 g/mol. The van der Waals surface area contributed by atoms with E-state index in [-0.39, 0.29) is 35.0 Å². The van der Waals surface area contributed by atoms with Crippen molar-refractivity contribution in [2.75, 3.05) is 38.5 Å². The molecular formula is C33H40FN7O4. The summed E-state index contributed by atoms with van der Waals surface area (Å²) in [6.07, 6.45) is 5.80. The van der Waals surface area contributed by atoms with Gasteiger partial charge in [0.05, 0.1) is 11.3 Å². The highest BCUT2D eigenvalue weighted by Gasteiger charge is 2.32. The fourth-order valence-corrected chi connectivity index (χ4v) is 5.67. The molecule has 2 aliphatic rings. The molecule has 1 aliphatic carbocycles. The summed E-state index contributed by atoms with van der Waals surface area (Å²) in [7, 11) is 1.50. The van der Waals surface area contributed by atoms with E-state index in [0.717, 1.165) is 12.8 Å². The molecule has 0 radical (unpaired) electrons. The normalized spacial score (nSPS) is 17.4. The van der Waals surface area contributed by atoms with Gasteiger partial charge in [-0.15, -0.1) is 0 Å². The van der Waals surface area contributed by atoms with E-state index < -0.39 is 17.9 Å². The number of benzene rings is 1. The van der Waals surface area contributed by atoms with Crippen LogP contribution in [0.25, 0.3) is 0 Å². The number of hydrogen-bond acceptors (Lipinski definition) is 7. The Hall–Kier alpha value is -4.58. The first kappa shape index (κ1) is 31.8. The minimum absolute atomic E-state index is 0.0722. The van der Waals surface area contributed by atoms with Crippen LogP contribution in [0.5, 0.6) is 5.75 Å². The first-order chi connectivity index (χ1) is 21.6. The number of pyridine rings is 1. The topological polar surface area (TPSA) is 122 Å². The quantitative estimate of drug-likeness (QED) is 0.311. The van der Waals surface area contributed by atoms with Crippen LogP contribution in [0.4, 0.5) is 10.2 Å². The standard InChI is InChI=1S/C33H40FN7O4/c1-6-31(42)41-13-12-39(18-21(41)4)19-29(27-16-26(34)25(17-36-27)22-8-9-22)45-28-14-20(3)23(15-24(28)32(43)35-5)33(44)37-30-10-11-40(7-2)38-30/h6,10-11,14-17,21-22,29H,1,7-9,12-13,18-19H2,2-5H3,(H,35,43)(H,37,38,44)/t21-,29-/m1/s1. The van der Waals surface area contributed by atoms with Crippen molar-refractivity contribution < 1.29 is 23.5 Å². The van der Waals surface area contributed by atoms with E-state index in [1.807, 2.05) is 13.8 Å². The SMILES string of the molecule is C=CC(=O)N1CCN(C[C@@H](Oc2cc(C)c(C(=O)Nc3ccn(CC)n3)cc2C(=O)NC)c2cc(F)c(C3CC3)cn2)C[C@H]1C. The maximum absolute atomic E-state index is 15.3. The Bertz CT molecular complexity index is 1600. The Kier molecular flexibility index (Phi) is 9.62. The third-order valence-electron chi connectivity index (χ3n) is 8.36. The van der Waals surface area contributed by atoms with Gasteiger partial charge >= 0.3 is 0 Å². The number of hydrogen-bond donors (Lipinski definition) is 2. The fraction of sp³-hybridized carbons (Fsp3) is 0.424. The average Bonchev–Trinajstić information content (AvgIpc) is 3.77. The predicted molar refractivity (Wildman–Crippen MR) is 168 cm³/mol. The minimum Gasteiger partial charge on any atom is -0.482 e. The maximum Gasteiger partial charge on any atom is 0.257 e. The molecule has 12 heteroatoms. The molecule has 2 aromatic heterocycles. The van der Waals surface area contributed by atoms with Crippen LogP contribution in [-0.2, 0) is 11.3 Å². The van der Waals surface area contributed by atoms with Gasteiger partial charge in [0.15, 0.2) is 11.9 Å². The number of nitrogens with one attached hydrogen (secondary N) is 2. The average molecular weight is 618 g/mol. The lowest BCUT2D eigenvalue weighted by Gasteiger charge is -2.40. The summed E-state index contributed by atoms with van der Waals surface area (Å²) in [5.41, 5.74) is 2.02. The second-order valence-corrected chi connectivity index (χ2v) is 11.6. The van der Waals surface area contributed by atoms with Crippen molar-refractivity contribution >= 4 is 23.5 Å². The van der Waals surface area contributed by atoms with Crippen molar-refractivity contribution in [2.45, 2.75) is 58.2 Å². The lowest BCUT2D eigenvalue weighted by atomic mass is 10.0. The second kappa shape index (κ2) is 13.6. The van der Waals surface area contributed by atoms with Crippen LogP contribution in [0.1, 0.15) is 76.2 Å². The van der Waals surface area contributed by atoms with Crippen molar-refractivity contribution in [1.29, 1.82) is 0 Å². The van der Waals surface area contributed by atoms with Crippen molar-refractivity contribution in [2.24, 2.45) is 0 Å². The summed E-state index contributed by atoms with van der Waals surface area (Å²) >= 11 is 0. The molecule has 5 rings (SSSR count). The molecule has 0 spiro atoms. The fourth-order valence-electron chi connectivity index (χ4n) is 5.67. The van der Waals surface area contributed by atoms with E-state index in [9.17, 15) is 14.4 Å². The zero-order valence-corrected chi connectivity index (χ0v) is 26.2. The van der Waals surface area contributed by atoms with Crippen LogP contribution < -0.4 is 15.4 Å². The lowest BCUT2D eigenvalue weighted by Crippen LogP contribution is -2.54. The van der Waals surface area contributed by atoms with Crippen molar-refractivity contribution in [3.63, 3.8) is 0 Å². The second-order valence-electron chi connectivity index (χ2n) is 11.6. The van der Waals surface area contributed by atoms with Crippen LogP contribution >= 0.6 is 0 Å². The summed E-state index contributed by atoms with van der Waals surface area (Å²) in [4.78, 5) is 47.2. The number of aryl methyl sites for hydroxylation is 2. The van der Waals surface area contributed by atoms with E-state index in [0.29, 0.717) is 60.9 Å². The van der Waals surface area contributed by atoms with Gasteiger partial charge in [-0.05, 0) is 69.4 Å². The van der Waals surface area contributed by atoms with Crippen LogP contribution in [-0.4, -0.2) is 81.6 Å². The lowest BCUT2D eigenvalue weighted by molar-refractivity contribution is -0.130. The van der Waals surface area contributed by atoms with E-state index in [4.69, 9.17) is 4.74 Å². The number of aromatic nitrogens is 3. The van der Waals surface area contributed by atoms with Gasteiger partial charge in [0.1, 0.15) is 11.6 Å². The molecule has 3 aromatic rings. The van der Waals surface area contributed by atoms with Gasteiger partial charge in [-0.2, -0.15) is 5.10 Å². The first-order valence-corrected chi connectivity index (χ1v) is 15.3. The van der Waals surface area contributed by atoms with E-state index in [1.165, 1.54) is 25.3 Å². The molecule has 3 amide bonds. The molecule has 3 heterocycles. The minimum atomic E-state index is -0.748. The molecule has 1 aliphatic heterocycles. The summed E-state index contributed by atoms with van der Waals surface area (Å²) in [5.74, 6) is -0.474. The molecule has 0 unspecified atom stereocenters. The van der Waals surface area contributed by atoms with Gasteiger partial charge < -0.3 is 20.3 Å². The van der Waals surface area contributed by atoms with E-state index >= 15 is 4.39 Å². The van der Waals surface area contributed by atoms with Crippen LogP contribution in [0.15, 0.2) is 49.3 Å². The molecule has 238 valence electrons. The molecule has 1 aromatic carbocycles. The van der Waals surface area contributed by atoms with Gasteiger partial charge in [0.25, 0.3) is 11.8 Å². The molecule has 2 atom stereocenters. The summed E-state index contributed by atoms with van der Waals surface area (Å²) in [5, 5.41) is 9.72. The maximum atomic E-state index is 15.3. The largest absolute Gasteiger partial charge is 0.482 e.